The number of benzene rings is 1. The van der Waals surface area contributed by atoms with Crippen LogP contribution in [0.5, 0.6) is 0 Å². The number of sulfone groups is 1. The molecule has 1 aliphatic heterocycles. The Bertz CT molecular complexity index is 1520. The summed E-state index contributed by atoms with van der Waals surface area (Å²) in [6, 6.07) is 4.25. The predicted octanol–water partition coefficient (Wildman–Crippen LogP) is 3.03. The van der Waals surface area contributed by atoms with Crippen molar-refractivity contribution in [3.63, 3.8) is 0 Å². The van der Waals surface area contributed by atoms with Gasteiger partial charge in [-0.05, 0) is 54.9 Å². The summed E-state index contributed by atoms with van der Waals surface area (Å²) >= 11 is 0. The second kappa shape index (κ2) is 15.3. The number of hydrogen-bond donors (Lipinski definition) is 2. The van der Waals surface area contributed by atoms with Gasteiger partial charge in [0.25, 0.3) is 5.91 Å². The Hall–Kier alpha value is -3.61. The SMILES string of the molecule is CCC(=O)N[C@@H](C(=O)N1CCS(=O)(=O)CC1)[C@@H](C)c1ccc(CC(=O)[C@@H](NC(=O)c2ccnn2CC)C2CCC(C)CC2)c(F)c1. The molecule has 1 saturated carbocycles. The van der Waals surface area contributed by atoms with Crippen LogP contribution in [0.1, 0.15) is 87.3 Å². The number of ketones is 1. The summed E-state index contributed by atoms with van der Waals surface area (Å²) < 4.78 is 41.0. The second-order valence-electron chi connectivity index (χ2n) is 12.7. The van der Waals surface area contributed by atoms with Crippen LogP contribution >= 0.6 is 0 Å². The van der Waals surface area contributed by atoms with E-state index in [0.717, 1.165) is 25.7 Å². The van der Waals surface area contributed by atoms with Crippen LogP contribution < -0.4 is 10.6 Å². The molecule has 1 aromatic carbocycles. The summed E-state index contributed by atoms with van der Waals surface area (Å²) in [6.07, 6.45) is 4.91. The van der Waals surface area contributed by atoms with E-state index in [1.165, 1.54) is 23.2 Å². The van der Waals surface area contributed by atoms with Gasteiger partial charge in [-0.2, -0.15) is 5.10 Å². The van der Waals surface area contributed by atoms with E-state index in [1.807, 2.05) is 6.92 Å². The van der Waals surface area contributed by atoms with Gasteiger partial charge in [0.05, 0.1) is 17.5 Å². The molecule has 46 heavy (non-hydrogen) atoms. The molecule has 3 atom stereocenters. The lowest BCUT2D eigenvalue weighted by molar-refractivity contribution is -0.136. The first-order chi connectivity index (χ1) is 21.8. The van der Waals surface area contributed by atoms with Gasteiger partial charge in [0.15, 0.2) is 15.6 Å². The van der Waals surface area contributed by atoms with E-state index in [2.05, 4.69) is 22.7 Å². The van der Waals surface area contributed by atoms with Crippen molar-refractivity contribution in [2.75, 3.05) is 24.6 Å². The molecule has 2 aromatic rings. The second-order valence-corrected chi connectivity index (χ2v) is 15.0. The summed E-state index contributed by atoms with van der Waals surface area (Å²) in [7, 11) is -3.22. The average Bonchev–Trinajstić information content (AvgIpc) is 3.52. The number of hydrogen-bond acceptors (Lipinski definition) is 7. The molecule has 0 radical (unpaired) electrons. The van der Waals surface area contributed by atoms with Crippen molar-refractivity contribution < 1.29 is 32.0 Å². The Labute approximate surface area is 270 Å². The van der Waals surface area contributed by atoms with Crippen molar-refractivity contribution >= 4 is 33.3 Å². The van der Waals surface area contributed by atoms with Gasteiger partial charge in [0.1, 0.15) is 17.6 Å². The van der Waals surface area contributed by atoms with Crippen LogP contribution in [0.15, 0.2) is 30.5 Å². The molecule has 2 heterocycles. The van der Waals surface area contributed by atoms with Gasteiger partial charge in [0, 0.05) is 44.6 Å². The molecule has 4 rings (SSSR count). The Kier molecular flexibility index (Phi) is 11.7. The van der Waals surface area contributed by atoms with Crippen molar-refractivity contribution in [3.8, 4) is 0 Å². The van der Waals surface area contributed by atoms with Crippen LogP contribution in [-0.2, 0) is 37.2 Å². The molecule has 13 heteroatoms. The van der Waals surface area contributed by atoms with E-state index in [-0.39, 0.29) is 60.6 Å². The largest absolute Gasteiger partial charge is 0.344 e. The molecule has 1 aromatic heterocycles. The predicted molar refractivity (Wildman–Crippen MR) is 171 cm³/mol. The van der Waals surface area contributed by atoms with Crippen LogP contribution in [-0.4, -0.2) is 83.3 Å². The molecule has 2 aliphatic rings. The van der Waals surface area contributed by atoms with Crippen molar-refractivity contribution in [3.05, 3.63) is 53.1 Å². The Balaban J connectivity index is 1.52. The third-order valence-corrected chi connectivity index (χ3v) is 11.1. The Morgan fingerprint density at radius 2 is 1.70 bits per heavy atom. The first-order valence-corrected chi connectivity index (χ1v) is 18.1. The fraction of sp³-hybridized carbons (Fsp3) is 0.606. The highest BCUT2D eigenvalue weighted by atomic mass is 32.2. The van der Waals surface area contributed by atoms with Crippen LogP contribution in [0.4, 0.5) is 4.39 Å². The third-order valence-electron chi connectivity index (χ3n) is 9.44. The minimum absolute atomic E-state index is 0.0280. The zero-order valence-corrected chi connectivity index (χ0v) is 27.9. The smallest absolute Gasteiger partial charge is 0.270 e. The minimum Gasteiger partial charge on any atom is -0.344 e. The van der Waals surface area contributed by atoms with Gasteiger partial charge < -0.3 is 15.5 Å². The highest BCUT2D eigenvalue weighted by Crippen LogP contribution is 2.32. The lowest BCUT2D eigenvalue weighted by Crippen LogP contribution is -2.54. The molecular weight excluding hydrogens is 613 g/mol. The number of halogens is 1. The van der Waals surface area contributed by atoms with Crippen molar-refractivity contribution in [1.29, 1.82) is 0 Å². The summed E-state index contributed by atoms with van der Waals surface area (Å²) in [5.74, 6) is -2.54. The van der Waals surface area contributed by atoms with Gasteiger partial charge in [-0.25, -0.2) is 12.8 Å². The van der Waals surface area contributed by atoms with E-state index in [9.17, 15) is 27.6 Å². The quantitative estimate of drug-likeness (QED) is 0.356. The lowest BCUT2D eigenvalue weighted by atomic mass is 9.77. The lowest BCUT2D eigenvalue weighted by Gasteiger charge is -2.33. The first kappa shape index (κ1) is 35.2. The molecular formula is C33H46FN5O6S. The van der Waals surface area contributed by atoms with E-state index in [1.54, 1.807) is 30.7 Å². The number of Topliss-reactive ketones (excluding diaryl/α,β-unsaturated/α-hetero) is 1. The topological polar surface area (TPSA) is 148 Å². The van der Waals surface area contributed by atoms with Gasteiger partial charge in [0.2, 0.25) is 11.8 Å². The van der Waals surface area contributed by atoms with E-state index < -0.39 is 45.5 Å². The molecule has 11 nitrogen and oxygen atoms in total. The zero-order chi connectivity index (χ0) is 33.6. The van der Waals surface area contributed by atoms with Crippen LogP contribution in [0, 0.1) is 17.7 Å². The van der Waals surface area contributed by atoms with Crippen LogP contribution in [0.2, 0.25) is 0 Å². The maximum absolute atomic E-state index is 15.6. The molecule has 252 valence electrons. The number of carbonyl (C=O) groups is 4. The van der Waals surface area contributed by atoms with Gasteiger partial charge >= 0.3 is 0 Å². The number of amides is 3. The molecule has 0 spiro atoms. The van der Waals surface area contributed by atoms with Crippen molar-refractivity contribution in [2.45, 2.75) is 90.8 Å². The number of rotatable bonds is 12. The van der Waals surface area contributed by atoms with E-state index in [0.29, 0.717) is 23.7 Å². The van der Waals surface area contributed by atoms with Gasteiger partial charge in [-0.15, -0.1) is 0 Å². The molecule has 0 bridgehead atoms. The van der Waals surface area contributed by atoms with Gasteiger partial charge in [-0.3, -0.25) is 23.9 Å². The number of carbonyl (C=O) groups excluding carboxylic acids is 4. The normalized spacial score (nSPS) is 21.5. The Morgan fingerprint density at radius 1 is 1.02 bits per heavy atom. The average molecular weight is 660 g/mol. The maximum atomic E-state index is 15.6. The molecule has 3 amide bonds. The number of nitrogens with zero attached hydrogens (tertiary/aromatic N) is 3. The number of aromatic nitrogens is 2. The first-order valence-electron chi connectivity index (χ1n) is 16.3. The zero-order valence-electron chi connectivity index (χ0n) is 27.1. The molecule has 0 unspecified atom stereocenters. The number of nitrogens with one attached hydrogen (secondary N) is 2. The fourth-order valence-electron chi connectivity index (χ4n) is 6.36. The van der Waals surface area contributed by atoms with Crippen LogP contribution in [0.3, 0.4) is 0 Å². The maximum Gasteiger partial charge on any atom is 0.270 e. The summed E-state index contributed by atoms with van der Waals surface area (Å²) in [5, 5.41) is 9.84. The highest BCUT2D eigenvalue weighted by Gasteiger charge is 2.36. The summed E-state index contributed by atoms with van der Waals surface area (Å²) in [5.41, 5.74) is 0.983. The minimum atomic E-state index is -3.22. The summed E-state index contributed by atoms with van der Waals surface area (Å²) in [6.45, 7) is 7.96. The third kappa shape index (κ3) is 8.59. The Morgan fingerprint density at radius 3 is 2.30 bits per heavy atom. The summed E-state index contributed by atoms with van der Waals surface area (Å²) in [4.78, 5) is 54.2. The van der Waals surface area contributed by atoms with Crippen LogP contribution in [0.25, 0.3) is 0 Å². The highest BCUT2D eigenvalue weighted by molar-refractivity contribution is 7.91. The van der Waals surface area contributed by atoms with Crippen molar-refractivity contribution in [1.82, 2.24) is 25.3 Å². The fourth-order valence-corrected chi connectivity index (χ4v) is 7.56. The van der Waals surface area contributed by atoms with Crippen molar-refractivity contribution in [2.24, 2.45) is 11.8 Å². The molecule has 1 aliphatic carbocycles. The van der Waals surface area contributed by atoms with Gasteiger partial charge in [-0.1, -0.05) is 45.7 Å². The monoisotopic (exact) mass is 659 g/mol. The van der Waals surface area contributed by atoms with E-state index in [4.69, 9.17) is 0 Å². The van der Waals surface area contributed by atoms with E-state index >= 15 is 4.39 Å². The standard InChI is InChI=1S/C33H46FN5O6S/c1-5-29(41)36-30(33(43)38-15-17-46(44,45)18-16-38)22(4)24-11-12-25(26(34)19-24)20-28(40)31(23-9-7-21(3)8-10-23)37-32(42)27-13-14-35-39(27)6-2/h11-14,19,21-23,30-31H,5-10,15-18,20H2,1-4H3,(H,36,41)(H,37,42)/t21?,22-,23?,30+,31-/m0/s1. The molecule has 2 N–H and O–H groups in total. The number of aryl methyl sites for hydroxylation is 1. The molecule has 1 saturated heterocycles. The molecule has 2 fully saturated rings.